The van der Waals surface area contributed by atoms with Crippen LogP contribution in [0.25, 0.3) is 22.5 Å². The van der Waals surface area contributed by atoms with Gasteiger partial charge in [0.25, 0.3) is 11.6 Å². The summed E-state index contributed by atoms with van der Waals surface area (Å²) in [7, 11) is 0. The Labute approximate surface area is 252 Å². The normalized spacial score (nSPS) is 15.2. The number of hydrogen-bond donors (Lipinski definition) is 4. The molecule has 0 unspecified atom stereocenters. The first-order valence-electron chi connectivity index (χ1n) is 14.2. The third-order valence-electron chi connectivity index (χ3n) is 7.62. The Kier molecular flexibility index (Phi) is 7.63. The Hall–Kier alpha value is -5.78. The number of benzene rings is 3. The Balaban J connectivity index is 1.33. The highest BCUT2D eigenvalue weighted by molar-refractivity contribution is 6.37. The zero-order valence-electron chi connectivity index (χ0n) is 23.8. The molecule has 2 aliphatic rings. The molecule has 3 amide bonds. The van der Waals surface area contributed by atoms with Crippen LogP contribution in [0.15, 0.2) is 72.9 Å². The average Bonchev–Trinajstić information content (AvgIpc) is 3.73. The summed E-state index contributed by atoms with van der Waals surface area (Å²) in [5, 5.41) is 20.4. The minimum absolute atomic E-state index is 0.120. The maximum Gasteiger partial charge on any atom is 0.270 e. The molecule has 12 nitrogen and oxygen atoms in total. The monoisotopic (exact) mass is 591 g/mol. The summed E-state index contributed by atoms with van der Waals surface area (Å²) < 4.78 is 0. The number of fused-ring (bicyclic) bond motifs is 1. The van der Waals surface area contributed by atoms with Crippen LogP contribution >= 0.6 is 0 Å². The second kappa shape index (κ2) is 11.8. The third-order valence-corrected chi connectivity index (χ3v) is 7.62. The fourth-order valence-corrected chi connectivity index (χ4v) is 5.41. The number of rotatable bonds is 9. The van der Waals surface area contributed by atoms with Crippen molar-refractivity contribution in [2.24, 2.45) is 0 Å². The lowest BCUT2D eigenvalue weighted by Gasteiger charge is -2.17. The van der Waals surface area contributed by atoms with Gasteiger partial charge in [-0.3, -0.25) is 29.8 Å². The van der Waals surface area contributed by atoms with Gasteiger partial charge in [-0.05, 0) is 42.2 Å². The minimum atomic E-state index is -0.487. The maximum atomic E-state index is 13.3. The molecule has 1 aromatic heterocycles. The number of imidazole rings is 1. The number of likely N-dealkylation sites (tertiary alicyclic amines) is 1. The van der Waals surface area contributed by atoms with Crippen LogP contribution in [0, 0.1) is 10.1 Å². The van der Waals surface area contributed by atoms with Gasteiger partial charge in [0.2, 0.25) is 17.8 Å². The van der Waals surface area contributed by atoms with Crippen molar-refractivity contribution >= 4 is 52.0 Å². The molecule has 4 N–H and O–H groups in total. The Bertz CT molecular complexity index is 1810. The zero-order chi connectivity index (χ0) is 30.8. The number of anilines is 3. The van der Waals surface area contributed by atoms with Gasteiger partial charge in [0.05, 0.1) is 21.9 Å². The number of carbonyl (C=O) groups excluding carboxylic acids is 3. The number of amides is 3. The van der Waals surface area contributed by atoms with Crippen molar-refractivity contribution in [1.82, 2.24) is 14.9 Å². The van der Waals surface area contributed by atoms with E-state index in [4.69, 9.17) is 0 Å². The first-order valence-corrected chi connectivity index (χ1v) is 14.2. The fraction of sp³-hybridized carbons (Fsp3) is 0.188. The summed E-state index contributed by atoms with van der Waals surface area (Å²) in [5.41, 5.74) is 5.47. The largest absolute Gasteiger partial charge is 0.354 e. The van der Waals surface area contributed by atoms with Crippen LogP contribution in [0.4, 0.5) is 23.0 Å². The molecule has 4 aromatic rings. The SMILES string of the molecule is CC(=O)Nc1nc(-c2ccc(NC(=C3C(=O)Nc4ccc([N+](=O)[O-])cc43)c3ccc(CCN4CCCC4=O)cc3)cc2)c[nH]1. The molecule has 0 aliphatic carbocycles. The molecule has 44 heavy (non-hydrogen) atoms. The predicted octanol–water partition coefficient (Wildman–Crippen LogP) is 5.04. The first kappa shape index (κ1) is 28.3. The number of nitrogens with one attached hydrogen (secondary N) is 4. The number of aromatic amines is 1. The smallest absolute Gasteiger partial charge is 0.270 e. The molecule has 12 heteroatoms. The van der Waals surface area contributed by atoms with Crippen molar-refractivity contribution in [3.05, 3.63) is 99.7 Å². The van der Waals surface area contributed by atoms with E-state index in [2.05, 4.69) is 25.9 Å². The Morgan fingerprint density at radius 2 is 1.82 bits per heavy atom. The van der Waals surface area contributed by atoms with Gasteiger partial charge in [-0.2, -0.15) is 0 Å². The lowest BCUT2D eigenvalue weighted by atomic mass is 9.98. The summed E-state index contributed by atoms with van der Waals surface area (Å²) in [6.07, 6.45) is 3.89. The number of nitro groups is 1. The number of carbonyl (C=O) groups is 3. The van der Waals surface area contributed by atoms with Crippen molar-refractivity contribution in [2.45, 2.75) is 26.2 Å². The van der Waals surface area contributed by atoms with E-state index >= 15 is 0 Å². The van der Waals surface area contributed by atoms with Gasteiger partial charge in [0.15, 0.2) is 0 Å². The lowest BCUT2D eigenvalue weighted by molar-refractivity contribution is -0.384. The lowest BCUT2D eigenvalue weighted by Crippen LogP contribution is -2.26. The van der Waals surface area contributed by atoms with Crippen molar-refractivity contribution in [3.63, 3.8) is 0 Å². The quantitative estimate of drug-likeness (QED) is 0.120. The zero-order valence-corrected chi connectivity index (χ0v) is 23.8. The molecule has 3 aromatic carbocycles. The van der Waals surface area contributed by atoms with E-state index < -0.39 is 4.92 Å². The van der Waals surface area contributed by atoms with Gasteiger partial charge in [-0.15, -0.1) is 0 Å². The summed E-state index contributed by atoms with van der Waals surface area (Å²) in [6, 6.07) is 19.4. The van der Waals surface area contributed by atoms with E-state index in [9.17, 15) is 24.5 Å². The Morgan fingerprint density at radius 1 is 1.05 bits per heavy atom. The molecule has 0 saturated carbocycles. The van der Waals surface area contributed by atoms with Crippen LogP contribution in [0.3, 0.4) is 0 Å². The van der Waals surface area contributed by atoms with Gasteiger partial charge in [0, 0.05) is 67.3 Å². The van der Waals surface area contributed by atoms with Gasteiger partial charge in [-0.1, -0.05) is 36.4 Å². The van der Waals surface area contributed by atoms with E-state index in [0.29, 0.717) is 59.2 Å². The molecule has 0 atom stereocenters. The molecule has 0 spiro atoms. The number of nitro benzene ring substituents is 1. The summed E-state index contributed by atoms with van der Waals surface area (Å²) in [6.45, 7) is 2.84. The van der Waals surface area contributed by atoms with Gasteiger partial charge in [-0.25, -0.2) is 4.98 Å². The standard InChI is InChI=1S/C32H29N7O5/c1-19(40)34-32-33-18-27(37-32)21-8-10-23(11-9-21)35-30(29-25-17-24(39(43)44)12-13-26(25)36-31(29)42)22-6-4-20(5-7-22)14-16-38-15-2-3-28(38)41/h4-13,17-18,35H,2-3,14-16H2,1H3,(H,36,42)(H2,33,34,37,40). The van der Waals surface area contributed by atoms with Crippen LogP contribution in [0.1, 0.15) is 36.5 Å². The summed E-state index contributed by atoms with van der Waals surface area (Å²) in [5.74, 6) is -0.0802. The van der Waals surface area contributed by atoms with Gasteiger partial charge < -0.3 is 20.5 Å². The molecule has 3 heterocycles. The highest BCUT2D eigenvalue weighted by atomic mass is 16.6. The molecule has 2 aliphatic heterocycles. The van der Waals surface area contributed by atoms with E-state index in [1.165, 1.54) is 25.1 Å². The first-order chi connectivity index (χ1) is 21.2. The summed E-state index contributed by atoms with van der Waals surface area (Å²) >= 11 is 0. The second-order valence-electron chi connectivity index (χ2n) is 10.6. The molecule has 222 valence electrons. The molecular formula is C32H29N7O5. The average molecular weight is 592 g/mol. The van der Waals surface area contributed by atoms with E-state index in [-0.39, 0.29) is 29.0 Å². The highest BCUT2D eigenvalue weighted by Gasteiger charge is 2.30. The topological polar surface area (TPSA) is 162 Å². The van der Waals surface area contributed by atoms with Crippen LogP contribution in [-0.2, 0) is 20.8 Å². The molecule has 6 rings (SSSR count). The number of H-pyrrole nitrogens is 1. The summed E-state index contributed by atoms with van der Waals surface area (Å²) in [4.78, 5) is 56.9. The number of hydrogen-bond acceptors (Lipinski definition) is 7. The molecule has 0 bridgehead atoms. The van der Waals surface area contributed by atoms with Gasteiger partial charge >= 0.3 is 0 Å². The molecule has 0 radical (unpaired) electrons. The number of nitrogens with zero attached hydrogens (tertiary/aromatic N) is 3. The van der Waals surface area contributed by atoms with Gasteiger partial charge in [0.1, 0.15) is 0 Å². The van der Waals surface area contributed by atoms with Crippen LogP contribution < -0.4 is 16.0 Å². The Morgan fingerprint density at radius 3 is 2.50 bits per heavy atom. The van der Waals surface area contributed by atoms with Crippen LogP contribution in [0.5, 0.6) is 0 Å². The third kappa shape index (κ3) is 5.91. The molecule has 1 saturated heterocycles. The van der Waals surface area contributed by atoms with Crippen molar-refractivity contribution < 1.29 is 19.3 Å². The second-order valence-corrected chi connectivity index (χ2v) is 10.6. The van der Waals surface area contributed by atoms with Crippen LogP contribution in [-0.4, -0.2) is 50.6 Å². The van der Waals surface area contributed by atoms with Crippen molar-refractivity contribution in [3.8, 4) is 11.3 Å². The van der Waals surface area contributed by atoms with E-state index in [1.807, 2.05) is 53.4 Å². The van der Waals surface area contributed by atoms with Crippen LogP contribution in [0.2, 0.25) is 0 Å². The highest BCUT2D eigenvalue weighted by Crippen LogP contribution is 2.39. The maximum absolute atomic E-state index is 13.3. The fourth-order valence-electron chi connectivity index (χ4n) is 5.41. The van der Waals surface area contributed by atoms with E-state index in [0.717, 1.165) is 24.1 Å². The molecular weight excluding hydrogens is 562 g/mol. The predicted molar refractivity (Wildman–Crippen MR) is 166 cm³/mol. The number of aromatic nitrogens is 2. The van der Waals surface area contributed by atoms with Crippen molar-refractivity contribution in [1.29, 1.82) is 0 Å². The number of non-ortho nitro benzene ring substituents is 1. The minimum Gasteiger partial charge on any atom is -0.354 e. The van der Waals surface area contributed by atoms with Crippen molar-refractivity contribution in [2.75, 3.05) is 29.0 Å². The van der Waals surface area contributed by atoms with E-state index in [1.54, 1.807) is 6.20 Å². The molecule has 1 fully saturated rings.